The van der Waals surface area contributed by atoms with Crippen LogP contribution in [0.1, 0.15) is 303 Å². The number of phosphoric ester groups is 1. The van der Waals surface area contributed by atoms with Crippen molar-refractivity contribution in [1.82, 2.24) is 0 Å². The van der Waals surface area contributed by atoms with E-state index < -0.39 is 26.5 Å². The zero-order valence-electron chi connectivity index (χ0n) is 48.9. The highest BCUT2D eigenvalue weighted by atomic mass is 31.2. The molecule has 73 heavy (non-hydrogen) atoms. The van der Waals surface area contributed by atoms with Crippen LogP contribution in [0.2, 0.25) is 0 Å². The van der Waals surface area contributed by atoms with E-state index in [2.05, 4.69) is 50.3 Å². The first-order chi connectivity index (χ1) is 35.5. The third kappa shape index (κ3) is 59.3. The lowest BCUT2D eigenvalue weighted by Gasteiger charge is -2.24. The van der Waals surface area contributed by atoms with Crippen LogP contribution in [0.4, 0.5) is 0 Å². The van der Waals surface area contributed by atoms with E-state index in [0.29, 0.717) is 23.9 Å². The summed E-state index contributed by atoms with van der Waals surface area (Å²) in [5.74, 6) is -0.783. The van der Waals surface area contributed by atoms with Crippen molar-refractivity contribution in [3.63, 3.8) is 0 Å². The molecule has 10 heteroatoms. The molecule has 0 aliphatic heterocycles. The fourth-order valence-electron chi connectivity index (χ4n) is 9.08. The second-order valence-electron chi connectivity index (χ2n) is 22.5. The summed E-state index contributed by atoms with van der Waals surface area (Å²) >= 11 is 0. The van der Waals surface area contributed by atoms with Crippen LogP contribution < -0.4 is 0 Å². The van der Waals surface area contributed by atoms with Gasteiger partial charge in [-0.05, 0) is 51.4 Å². The molecule has 0 aliphatic carbocycles. The largest absolute Gasteiger partial charge is 0.472 e. The minimum absolute atomic E-state index is 0.0332. The van der Waals surface area contributed by atoms with Crippen LogP contribution in [-0.4, -0.2) is 74.9 Å². The van der Waals surface area contributed by atoms with Crippen molar-refractivity contribution in [2.24, 2.45) is 0 Å². The van der Waals surface area contributed by atoms with Gasteiger partial charge in [0.05, 0.1) is 27.7 Å². The molecule has 9 nitrogen and oxygen atoms in total. The van der Waals surface area contributed by atoms with Gasteiger partial charge in [-0.2, -0.15) is 0 Å². The van der Waals surface area contributed by atoms with Crippen molar-refractivity contribution in [3.8, 4) is 0 Å². The molecular formula is C63H121NO8P+. The Labute approximate surface area is 452 Å². The molecule has 0 spiro atoms. The molecule has 2 atom stereocenters. The number of phosphoric acid groups is 1. The molecule has 430 valence electrons. The molecule has 0 amide bonds. The van der Waals surface area contributed by atoms with Gasteiger partial charge >= 0.3 is 19.8 Å². The van der Waals surface area contributed by atoms with E-state index in [-0.39, 0.29) is 25.6 Å². The highest BCUT2D eigenvalue weighted by Gasteiger charge is 2.27. The molecule has 0 aromatic heterocycles. The fraction of sp³-hybridized carbons (Fsp3) is 0.873. The minimum atomic E-state index is -4.39. The zero-order chi connectivity index (χ0) is 53.5. The third-order valence-corrected chi connectivity index (χ3v) is 14.9. The maximum atomic E-state index is 12.8. The molecule has 0 rings (SSSR count). The average Bonchev–Trinajstić information content (AvgIpc) is 3.35. The first-order valence-corrected chi connectivity index (χ1v) is 32.7. The number of esters is 2. The molecule has 0 heterocycles. The zero-order valence-corrected chi connectivity index (χ0v) is 49.8. The summed E-state index contributed by atoms with van der Waals surface area (Å²) in [6, 6.07) is 0. The molecule has 0 aromatic carbocycles. The number of nitrogens with zero attached hydrogens (tertiary/aromatic N) is 1. The summed E-state index contributed by atoms with van der Waals surface area (Å²) in [6.45, 7) is 4.47. The van der Waals surface area contributed by atoms with Crippen molar-refractivity contribution < 1.29 is 42.1 Å². The van der Waals surface area contributed by atoms with Crippen LogP contribution >= 0.6 is 7.82 Å². The van der Waals surface area contributed by atoms with E-state index in [4.69, 9.17) is 18.5 Å². The number of carbonyl (C=O) groups is 2. The number of likely N-dealkylation sites (N-methyl/N-ethyl adjacent to an activating group) is 1. The van der Waals surface area contributed by atoms with Gasteiger partial charge in [0.15, 0.2) is 6.10 Å². The van der Waals surface area contributed by atoms with E-state index in [1.165, 1.54) is 225 Å². The van der Waals surface area contributed by atoms with Gasteiger partial charge in [0.25, 0.3) is 0 Å². The Hall–Kier alpha value is -1.77. The summed E-state index contributed by atoms with van der Waals surface area (Å²) in [5, 5.41) is 0. The molecule has 0 aromatic rings. The normalized spacial score (nSPS) is 13.5. The van der Waals surface area contributed by atoms with E-state index in [1.807, 2.05) is 21.1 Å². The Morgan fingerprint density at radius 1 is 0.425 bits per heavy atom. The summed E-state index contributed by atoms with van der Waals surface area (Å²) < 4.78 is 34.6. The maximum Gasteiger partial charge on any atom is 0.472 e. The number of rotatable bonds is 58. The Morgan fingerprint density at radius 2 is 0.740 bits per heavy atom. The van der Waals surface area contributed by atoms with Crippen LogP contribution in [0.25, 0.3) is 0 Å². The molecule has 0 aliphatic rings. The van der Waals surface area contributed by atoms with E-state index >= 15 is 0 Å². The predicted octanol–water partition coefficient (Wildman–Crippen LogP) is 19.5. The van der Waals surface area contributed by atoms with Crippen molar-refractivity contribution >= 4 is 19.8 Å². The number of unbranched alkanes of at least 4 members (excludes halogenated alkanes) is 38. The van der Waals surface area contributed by atoms with Crippen LogP contribution in [0.5, 0.6) is 0 Å². The molecular weight excluding hydrogens is 930 g/mol. The first kappa shape index (κ1) is 71.2. The number of carbonyl (C=O) groups excluding carboxylic acids is 2. The maximum absolute atomic E-state index is 12.8. The smallest absolute Gasteiger partial charge is 0.462 e. The number of hydrogen-bond acceptors (Lipinski definition) is 7. The number of hydrogen-bond donors (Lipinski definition) is 1. The second-order valence-corrected chi connectivity index (χ2v) is 23.9. The summed E-state index contributed by atoms with van der Waals surface area (Å²) in [4.78, 5) is 35.8. The van der Waals surface area contributed by atoms with Gasteiger partial charge in [0.1, 0.15) is 19.8 Å². The second kappa shape index (κ2) is 55.0. The van der Waals surface area contributed by atoms with Gasteiger partial charge < -0.3 is 18.9 Å². The minimum Gasteiger partial charge on any atom is -0.462 e. The van der Waals surface area contributed by atoms with Crippen LogP contribution in [0.3, 0.4) is 0 Å². The van der Waals surface area contributed by atoms with Crippen molar-refractivity contribution in [3.05, 3.63) is 36.5 Å². The SMILES string of the molecule is CCCCCCC/C=C\C/C=C\C/C=C\CCCCCCCCCCCCCCC(=O)OC(COC(=O)CCCCCCCCCCCCCCCCCCCCCCCC)COP(=O)(O)OCC[N+](C)(C)C. The highest BCUT2D eigenvalue weighted by Crippen LogP contribution is 2.43. The molecule has 0 saturated heterocycles. The van der Waals surface area contributed by atoms with E-state index in [9.17, 15) is 19.0 Å². The molecule has 0 radical (unpaired) electrons. The van der Waals surface area contributed by atoms with Gasteiger partial charge in [-0.25, -0.2) is 4.57 Å². The van der Waals surface area contributed by atoms with Gasteiger partial charge in [-0.3, -0.25) is 18.6 Å². The lowest BCUT2D eigenvalue weighted by Crippen LogP contribution is -2.37. The first-order valence-electron chi connectivity index (χ1n) is 31.2. The predicted molar refractivity (Wildman–Crippen MR) is 312 cm³/mol. The Bertz CT molecular complexity index is 1330. The lowest BCUT2D eigenvalue weighted by atomic mass is 10.0. The summed E-state index contributed by atoms with van der Waals surface area (Å²) in [7, 11) is 1.49. The summed E-state index contributed by atoms with van der Waals surface area (Å²) in [6.07, 6.45) is 67.9. The van der Waals surface area contributed by atoms with Crippen molar-refractivity contribution in [1.29, 1.82) is 0 Å². The van der Waals surface area contributed by atoms with Gasteiger partial charge in [-0.1, -0.05) is 275 Å². The Morgan fingerprint density at radius 3 is 1.10 bits per heavy atom. The van der Waals surface area contributed by atoms with Gasteiger partial charge in [0.2, 0.25) is 0 Å². The molecule has 0 saturated carbocycles. The molecule has 0 fully saturated rings. The number of quaternary nitrogens is 1. The molecule has 0 bridgehead atoms. The average molecular weight is 1050 g/mol. The standard InChI is InChI=1S/C63H120NO8P/c1-6-8-10-12-14-16-18-20-22-24-26-28-30-31-32-33-34-36-38-40-42-44-46-48-50-52-54-56-63(66)72-61(60-71-73(67,68)70-58-57-64(3,4)5)59-69-62(65)55-53-51-49-47-45-43-41-39-37-35-29-27-25-23-21-19-17-15-13-11-9-7-2/h18,20,24,26,30-31,61H,6-17,19,21-23,25,27-29,32-60H2,1-5H3/p+1/b20-18-,26-24-,31-30-. The quantitative estimate of drug-likeness (QED) is 0.0211. The molecule has 1 N–H and O–H groups in total. The monoisotopic (exact) mass is 1050 g/mol. The Kier molecular flexibility index (Phi) is 53.7. The number of ether oxygens (including phenoxy) is 2. The van der Waals surface area contributed by atoms with Gasteiger partial charge in [-0.15, -0.1) is 0 Å². The highest BCUT2D eigenvalue weighted by molar-refractivity contribution is 7.47. The summed E-state index contributed by atoms with van der Waals surface area (Å²) in [5.41, 5.74) is 0. The topological polar surface area (TPSA) is 108 Å². The van der Waals surface area contributed by atoms with Crippen LogP contribution in [0, 0.1) is 0 Å². The number of allylic oxidation sites excluding steroid dienone is 6. The van der Waals surface area contributed by atoms with E-state index in [1.54, 1.807) is 0 Å². The van der Waals surface area contributed by atoms with Gasteiger partial charge in [0, 0.05) is 12.8 Å². The van der Waals surface area contributed by atoms with Crippen LogP contribution in [0.15, 0.2) is 36.5 Å². The third-order valence-electron chi connectivity index (χ3n) is 13.9. The fourth-order valence-corrected chi connectivity index (χ4v) is 9.83. The van der Waals surface area contributed by atoms with Crippen molar-refractivity contribution in [2.45, 2.75) is 309 Å². The van der Waals surface area contributed by atoms with Crippen molar-refractivity contribution in [2.75, 3.05) is 47.5 Å². The Balaban J connectivity index is 4.10. The lowest BCUT2D eigenvalue weighted by molar-refractivity contribution is -0.870. The van der Waals surface area contributed by atoms with E-state index in [0.717, 1.165) is 44.9 Å². The van der Waals surface area contributed by atoms with Crippen LogP contribution in [-0.2, 0) is 32.7 Å². The molecule has 2 unspecified atom stereocenters.